The van der Waals surface area contributed by atoms with Crippen molar-refractivity contribution >= 4 is 16.9 Å². The molecule has 0 spiro atoms. The van der Waals surface area contributed by atoms with Gasteiger partial charge in [0.15, 0.2) is 6.61 Å². The number of nitrogens with zero attached hydrogens (tertiary/aromatic N) is 1. The number of benzene rings is 1. The summed E-state index contributed by atoms with van der Waals surface area (Å²) in [6, 6.07) is 5.83. The zero-order valence-corrected chi connectivity index (χ0v) is 16.4. The third-order valence-corrected chi connectivity index (χ3v) is 4.80. The summed E-state index contributed by atoms with van der Waals surface area (Å²) in [5, 5.41) is 4.10. The molecule has 0 bridgehead atoms. The fourth-order valence-electron chi connectivity index (χ4n) is 3.78. The molecular weight excluding hydrogens is 328 g/mol. The molecular formula is C21H30N2O3. The highest BCUT2D eigenvalue weighted by atomic mass is 16.5. The molecule has 0 radical (unpaired) electrons. The molecule has 0 unspecified atom stereocenters. The number of nitrogens with one attached hydrogen (secondary N) is 1. The number of rotatable bonds is 7. The minimum atomic E-state index is -0.0915. The molecule has 0 saturated carbocycles. The lowest BCUT2D eigenvalue weighted by atomic mass is 9.93. The second kappa shape index (κ2) is 7.70. The maximum atomic E-state index is 12.1. The van der Waals surface area contributed by atoms with Crippen LogP contribution in [0.15, 0.2) is 22.6 Å². The monoisotopic (exact) mass is 358 g/mol. The van der Waals surface area contributed by atoms with E-state index < -0.39 is 0 Å². The Kier molecular flexibility index (Phi) is 5.56. The van der Waals surface area contributed by atoms with Gasteiger partial charge in [0.25, 0.3) is 5.91 Å². The number of furan rings is 1. The molecule has 142 valence electrons. The Bertz CT molecular complexity index is 777. The van der Waals surface area contributed by atoms with Crippen molar-refractivity contribution < 1.29 is 13.9 Å². The van der Waals surface area contributed by atoms with Gasteiger partial charge in [-0.05, 0) is 57.0 Å². The van der Waals surface area contributed by atoms with Crippen molar-refractivity contribution in [3.63, 3.8) is 0 Å². The fourth-order valence-corrected chi connectivity index (χ4v) is 3.78. The predicted molar refractivity (Wildman–Crippen MR) is 104 cm³/mol. The van der Waals surface area contributed by atoms with Crippen molar-refractivity contribution in [1.29, 1.82) is 0 Å². The average Bonchev–Trinajstić information content (AvgIpc) is 2.95. The van der Waals surface area contributed by atoms with Crippen LogP contribution in [0.25, 0.3) is 11.0 Å². The van der Waals surface area contributed by atoms with Crippen LogP contribution in [-0.2, 0) is 17.6 Å². The molecule has 0 aliphatic heterocycles. The number of carbonyl (C=O) groups is 1. The molecule has 1 amide bonds. The summed E-state index contributed by atoms with van der Waals surface area (Å²) in [5.74, 6) is 1.74. The van der Waals surface area contributed by atoms with Crippen LogP contribution < -0.4 is 10.1 Å². The van der Waals surface area contributed by atoms with Gasteiger partial charge in [-0.2, -0.15) is 0 Å². The lowest BCUT2D eigenvalue weighted by Crippen LogP contribution is -2.41. The van der Waals surface area contributed by atoms with E-state index in [9.17, 15) is 4.79 Å². The molecule has 1 aliphatic rings. The molecule has 5 heteroatoms. The first-order valence-electron chi connectivity index (χ1n) is 9.43. The van der Waals surface area contributed by atoms with E-state index in [1.165, 1.54) is 18.4 Å². The van der Waals surface area contributed by atoms with Gasteiger partial charge < -0.3 is 19.4 Å². The predicted octanol–water partition coefficient (Wildman–Crippen LogP) is 3.39. The molecule has 1 aliphatic carbocycles. The van der Waals surface area contributed by atoms with Gasteiger partial charge in [-0.3, -0.25) is 4.79 Å². The van der Waals surface area contributed by atoms with Gasteiger partial charge in [-0.15, -0.1) is 0 Å². The van der Waals surface area contributed by atoms with E-state index in [0.717, 1.165) is 41.9 Å². The topological polar surface area (TPSA) is 54.7 Å². The molecule has 0 fully saturated rings. The Morgan fingerprint density at radius 2 is 2.04 bits per heavy atom. The largest absolute Gasteiger partial charge is 0.484 e. The van der Waals surface area contributed by atoms with Crippen molar-refractivity contribution in [3.05, 3.63) is 29.5 Å². The Morgan fingerprint density at radius 1 is 1.27 bits per heavy atom. The second-order valence-corrected chi connectivity index (χ2v) is 8.34. The number of ether oxygens (including phenoxy) is 1. The second-order valence-electron chi connectivity index (χ2n) is 8.34. The van der Waals surface area contributed by atoms with Crippen LogP contribution in [0.2, 0.25) is 0 Å². The Labute approximate surface area is 155 Å². The SMILES string of the molecule is CN(C)CC(C)(C)CNC(=O)COc1ccc2oc3c(c2c1)CCCC3. The van der Waals surface area contributed by atoms with E-state index in [1.54, 1.807) is 0 Å². The normalized spacial score (nSPS) is 14.5. The number of amides is 1. The van der Waals surface area contributed by atoms with Gasteiger partial charge >= 0.3 is 0 Å². The van der Waals surface area contributed by atoms with Crippen LogP contribution >= 0.6 is 0 Å². The molecule has 0 atom stereocenters. The first-order valence-corrected chi connectivity index (χ1v) is 9.43. The van der Waals surface area contributed by atoms with Crippen molar-refractivity contribution in [2.75, 3.05) is 33.8 Å². The first kappa shape index (κ1) is 18.8. The Balaban J connectivity index is 1.57. The molecule has 5 nitrogen and oxygen atoms in total. The number of carbonyl (C=O) groups excluding carboxylic acids is 1. The van der Waals surface area contributed by atoms with E-state index >= 15 is 0 Å². The smallest absolute Gasteiger partial charge is 0.257 e. The van der Waals surface area contributed by atoms with Crippen LogP contribution in [0.3, 0.4) is 0 Å². The summed E-state index contributed by atoms with van der Waals surface area (Å²) < 4.78 is 11.7. The Hall–Kier alpha value is -2.01. The summed E-state index contributed by atoms with van der Waals surface area (Å²) in [6.07, 6.45) is 4.48. The third-order valence-electron chi connectivity index (χ3n) is 4.80. The molecule has 2 aromatic rings. The highest BCUT2D eigenvalue weighted by Gasteiger charge is 2.20. The van der Waals surface area contributed by atoms with E-state index in [-0.39, 0.29) is 17.9 Å². The van der Waals surface area contributed by atoms with Gasteiger partial charge in [0, 0.05) is 30.5 Å². The molecule has 1 aromatic heterocycles. The summed E-state index contributed by atoms with van der Waals surface area (Å²) in [5.41, 5.74) is 2.25. The highest BCUT2D eigenvalue weighted by molar-refractivity contribution is 5.84. The van der Waals surface area contributed by atoms with Crippen molar-refractivity contribution in [1.82, 2.24) is 10.2 Å². The van der Waals surface area contributed by atoms with Crippen LogP contribution in [0, 0.1) is 5.41 Å². The van der Waals surface area contributed by atoms with Crippen LogP contribution in [0.5, 0.6) is 5.75 Å². The summed E-state index contributed by atoms with van der Waals surface area (Å²) in [7, 11) is 4.08. The van der Waals surface area contributed by atoms with Gasteiger partial charge in [0.05, 0.1) is 0 Å². The quantitative estimate of drug-likeness (QED) is 0.824. The van der Waals surface area contributed by atoms with Crippen LogP contribution in [0.4, 0.5) is 0 Å². The zero-order chi connectivity index (χ0) is 18.7. The van der Waals surface area contributed by atoms with Gasteiger partial charge in [-0.1, -0.05) is 13.8 Å². The highest BCUT2D eigenvalue weighted by Crippen LogP contribution is 2.33. The average molecular weight is 358 g/mol. The standard InChI is InChI=1S/C21H30N2O3/c1-21(2,14-23(3)4)13-22-20(24)12-25-15-9-10-19-17(11-15)16-7-5-6-8-18(16)26-19/h9-11H,5-8,12-14H2,1-4H3,(H,22,24). The first-order chi connectivity index (χ1) is 12.3. The third kappa shape index (κ3) is 4.58. The van der Waals surface area contributed by atoms with E-state index in [1.807, 2.05) is 32.3 Å². The van der Waals surface area contributed by atoms with E-state index in [2.05, 4.69) is 24.1 Å². The minimum absolute atomic E-state index is 0.0218. The molecule has 1 heterocycles. The molecule has 1 aromatic carbocycles. The van der Waals surface area contributed by atoms with Gasteiger partial charge in [0.2, 0.25) is 0 Å². The van der Waals surface area contributed by atoms with E-state index in [0.29, 0.717) is 6.54 Å². The zero-order valence-electron chi connectivity index (χ0n) is 16.4. The fraction of sp³-hybridized carbons (Fsp3) is 0.571. The van der Waals surface area contributed by atoms with Gasteiger partial charge in [-0.25, -0.2) is 0 Å². The Morgan fingerprint density at radius 3 is 2.81 bits per heavy atom. The van der Waals surface area contributed by atoms with Gasteiger partial charge in [0.1, 0.15) is 17.1 Å². The van der Waals surface area contributed by atoms with Crippen molar-refractivity contribution in [3.8, 4) is 5.75 Å². The molecule has 26 heavy (non-hydrogen) atoms. The summed E-state index contributed by atoms with van der Waals surface area (Å²) in [6.45, 7) is 5.86. The number of aryl methyl sites for hydroxylation is 2. The minimum Gasteiger partial charge on any atom is -0.484 e. The summed E-state index contributed by atoms with van der Waals surface area (Å²) >= 11 is 0. The van der Waals surface area contributed by atoms with Crippen LogP contribution in [-0.4, -0.2) is 44.6 Å². The van der Waals surface area contributed by atoms with E-state index in [4.69, 9.17) is 9.15 Å². The summed E-state index contributed by atoms with van der Waals surface area (Å²) in [4.78, 5) is 14.3. The van der Waals surface area contributed by atoms with Crippen molar-refractivity contribution in [2.45, 2.75) is 39.5 Å². The molecule has 0 saturated heterocycles. The molecule has 1 N–H and O–H groups in total. The number of hydrogen-bond donors (Lipinski definition) is 1. The lowest BCUT2D eigenvalue weighted by molar-refractivity contribution is -0.123. The maximum Gasteiger partial charge on any atom is 0.257 e. The molecule has 3 rings (SSSR count). The number of hydrogen-bond acceptors (Lipinski definition) is 4. The van der Waals surface area contributed by atoms with Crippen LogP contribution in [0.1, 0.15) is 38.0 Å². The number of fused-ring (bicyclic) bond motifs is 3. The van der Waals surface area contributed by atoms with Crippen molar-refractivity contribution in [2.24, 2.45) is 5.41 Å². The maximum absolute atomic E-state index is 12.1. The lowest BCUT2D eigenvalue weighted by Gasteiger charge is -2.28.